The Labute approximate surface area is 159 Å². The topological polar surface area (TPSA) is 113 Å². The molecule has 10 heteroatoms. The first kappa shape index (κ1) is 21.0. The number of phenols is 1. The number of nitrogens with zero attached hydrogens (tertiary/aromatic N) is 1. The Morgan fingerprint density at radius 2 is 1.52 bits per heavy atom. The van der Waals surface area contributed by atoms with E-state index in [1.165, 1.54) is 53.9 Å². The second kappa shape index (κ2) is 8.15. The number of sulfonamides is 2. The molecule has 0 spiro atoms. The molecule has 27 heavy (non-hydrogen) atoms. The van der Waals surface area contributed by atoms with Gasteiger partial charge < -0.3 is 9.84 Å². The number of hydrogen-bond acceptors (Lipinski definition) is 6. The van der Waals surface area contributed by atoms with Gasteiger partial charge in [0.2, 0.25) is 10.0 Å². The van der Waals surface area contributed by atoms with Gasteiger partial charge in [0, 0.05) is 19.2 Å². The van der Waals surface area contributed by atoms with E-state index >= 15 is 0 Å². The number of ether oxygens (including phenoxy) is 1. The molecule has 0 atom stereocenters. The highest BCUT2D eigenvalue weighted by atomic mass is 32.2. The van der Waals surface area contributed by atoms with E-state index in [9.17, 15) is 21.9 Å². The van der Waals surface area contributed by atoms with Crippen LogP contribution in [0.15, 0.2) is 52.3 Å². The van der Waals surface area contributed by atoms with Gasteiger partial charge in [0.15, 0.2) is 11.5 Å². The smallest absolute Gasteiger partial charge is 0.261 e. The predicted octanol–water partition coefficient (Wildman–Crippen LogP) is 2.23. The first-order valence-corrected chi connectivity index (χ1v) is 11.1. The van der Waals surface area contributed by atoms with Gasteiger partial charge >= 0.3 is 0 Å². The molecule has 0 unspecified atom stereocenters. The molecule has 0 saturated carbocycles. The van der Waals surface area contributed by atoms with Crippen molar-refractivity contribution in [2.75, 3.05) is 24.9 Å². The third kappa shape index (κ3) is 4.52. The lowest BCUT2D eigenvalue weighted by atomic mass is 10.3. The van der Waals surface area contributed by atoms with Crippen LogP contribution in [-0.2, 0) is 20.0 Å². The minimum Gasteiger partial charge on any atom is -0.504 e. The molecular weight excluding hydrogens is 392 g/mol. The molecule has 0 saturated heterocycles. The number of methoxy groups -OCH3 is 1. The fraction of sp³-hybridized carbons (Fsp3) is 0.294. The Bertz CT molecular complexity index is 998. The van der Waals surface area contributed by atoms with Crippen LogP contribution in [0.2, 0.25) is 0 Å². The van der Waals surface area contributed by atoms with E-state index in [4.69, 9.17) is 4.74 Å². The van der Waals surface area contributed by atoms with Crippen molar-refractivity contribution in [1.82, 2.24) is 4.31 Å². The summed E-state index contributed by atoms with van der Waals surface area (Å²) in [6.45, 7) is 4.10. The molecule has 148 valence electrons. The molecular formula is C17H22N2O6S2. The largest absolute Gasteiger partial charge is 0.504 e. The van der Waals surface area contributed by atoms with E-state index in [2.05, 4.69) is 4.72 Å². The summed E-state index contributed by atoms with van der Waals surface area (Å²) in [6, 6.07) is 9.05. The highest BCUT2D eigenvalue weighted by Gasteiger charge is 2.23. The van der Waals surface area contributed by atoms with Crippen LogP contribution in [0.1, 0.15) is 13.8 Å². The lowest BCUT2D eigenvalue weighted by molar-refractivity contribution is 0.373. The molecule has 0 heterocycles. The molecule has 0 aliphatic heterocycles. The van der Waals surface area contributed by atoms with Crippen molar-refractivity contribution in [3.8, 4) is 11.5 Å². The lowest BCUT2D eigenvalue weighted by Gasteiger charge is -2.18. The number of benzene rings is 2. The van der Waals surface area contributed by atoms with Crippen LogP contribution in [0.4, 0.5) is 5.69 Å². The fourth-order valence-electron chi connectivity index (χ4n) is 2.47. The van der Waals surface area contributed by atoms with Gasteiger partial charge in [-0.05, 0) is 36.4 Å². The zero-order valence-electron chi connectivity index (χ0n) is 15.2. The Hall–Kier alpha value is -2.30. The van der Waals surface area contributed by atoms with Gasteiger partial charge in [-0.15, -0.1) is 0 Å². The lowest BCUT2D eigenvalue weighted by Crippen LogP contribution is -2.30. The second-order valence-corrected chi connectivity index (χ2v) is 9.17. The van der Waals surface area contributed by atoms with E-state index in [0.29, 0.717) is 13.1 Å². The first-order valence-electron chi connectivity index (χ1n) is 8.15. The summed E-state index contributed by atoms with van der Waals surface area (Å²) in [5.41, 5.74) is 0.146. The molecule has 2 aromatic carbocycles. The van der Waals surface area contributed by atoms with Crippen LogP contribution in [-0.4, -0.2) is 46.4 Å². The minimum absolute atomic E-state index is 0.0206. The Morgan fingerprint density at radius 1 is 0.963 bits per heavy atom. The normalized spacial score (nSPS) is 12.1. The summed E-state index contributed by atoms with van der Waals surface area (Å²) in [4.78, 5) is -0.0800. The number of hydrogen-bond donors (Lipinski definition) is 2. The average Bonchev–Trinajstić information content (AvgIpc) is 2.62. The number of nitrogens with one attached hydrogen (secondary N) is 1. The predicted molar refractivity (Wildman–Crippen MR) is 102 cm³/mol. The van der Waals surface area contributed by atoms with E-state index in [1.54, 1.807) is 13.8 Å². The summed E-state index contributed by atoms with van der Waals surface area (Å²) in [7, 11) is -6.24. The minimum atomic E-state index is -3.95. The SMILES string of the molecule is CCN(CC)S(=O)(=O)c1ccc(S(=O)(=O)Nc2ccc(OC)c(O)c2)cc1. The number of phenolic OH excluding ortho intramolecular Hbond substituents is 1. The Kier molecular flexibility index (Phi) is 6.34. The quantitative estimate of drug-likeness (QED) is 0.685. The van der Waals surface area contributed by atoms with Crippen LogP contribution in [0.5, 0.6) is 11.5 Å². The van der Waals surface area contributed by atoms with Gasteiger partial charge in [-0.25, -0.2) is 16.8 Å². The molecule has 2 aromatic rings. The maximum absolute atomic E-state index is 12.5. The van der Waals surface area contributed by atoms with Crippen molar-refractivity contribution < 1.29 is 26.7 Å². The third-order valence-electron chi connectivity index (χ3n) is 3.91. The van der Waals surface area contributed by atoms with Crippen molar-refractivity contribution in [2.24, 2.45) is 0 Å². The molecule has 0 aromatic heterocycles. The zero-order chi connectivity index (χ0) is 20.2. The van der Waals surface area contributed by atoms with Gasteiger partial charge in [-0.2, -0.15) is 4.31 Å². The van der Waals surface area contributed by atoms with E-state index in [1.807, 2.05) is 0 Å². The Morgan fingerprint density at radius 3 is 2.00 bits per heavy atom. The summed E-state index contributed by atoms with van der Waals surface area (Å²) in [5, 5.41) is 9.75. The van der Waals surface area contributed by atoms with Crippen molar-refractivity contribution in [3.63, 3.8) is 0 Å². The van der Waals surface area contributed by atoms with Gasteiger partial charge in [0.05, 0.1) is 22.6 Å². The van der Waals surface area contributed by atoms with Crippen LogP contribution in [0, 0.1) is 0 Å². The summed E-state index contributed by atoms with van der Waals surface area (Å²) in [5.74, 6) is 0.00211. The molecule has 0 fully saturated rings. The van der Waals surface area contributed by atoms with Crippen molar-refractivity contribution in [2.45, 2.75) is 23.6 Å². The Balaban J connectivity index is 2.29. The standard InChI is InChI=1S/C17H22N2O6S2/c1-4-19(5-2)27(23,24)15-9-7-14(8-10-15)26(21,22)18-13-6-11-17(25-3)16(20)12-13/h6-12,18,20H,4-5H2,1-3H3. The van der Waals surface area contributed by atoms with E-state index in [0.717, 1.165) is 0 Å². The molecule has 0 aliphatic carbocycles. The fourth-order valence-corrected chi connectivity index (χ4v) is 4.98. The maximum Gasteiger partial charge on any atom is 0.261 e. The molecule has 2 N–H and O–H groups in total. The number of anilines is 1. The number of rotatable bonds is 8. The summed E-state index contributed by atoms with van der Waals surface area (Å²) < 4.78 is 58.4. The third-order valence-corrected chi connectivity index (χ3v) is 7.37. The van der Waals surface area contributed by atoms with E-state index < -0.39 is 20.0 Å². The van der Waals surface area contributed by atoms with Gasteiger partial charge in [-0.3, -0.25) is 4.72 Å². The van der Waals surface area contributed by atoms with Crippen LogP contribution >= 0.6 is 0 Å². The molecule has 2 rings (SSSR count). The molecule has 8 nitrogen and oxygen atoms in total. The van der Waals surface area contributed by atoms with Gasteiger partial charge in [0.25, 0.3) is 10.0 Å². The maximum atomic E-state index is 12.5. The van der Waals surface area contributed by atoms with E-state index in [-0.39, 0.29) is 27.0 Å². The molecule has 0 amide bonds. The summed E-state index contributed by atoms with van der Waals surface area (Å²) >= 11 is 0. The van der Waals surface area contributed by atoms with Crippen molar-refractivity contribution in [3.05, 3.63) is 42.5 Å². The monoisotopic (exact) mass is 414 g/mol. The van der Waals surface area contributed by atoms with Crippen LogP contribution in [0.3, 0.4) is 0 Å². The van der Waals surface area contributed by atoms with Gasteiger partial charge in [0.1, 0.15) is 0 Å². The van der Waals surface area contributed by atoms with Crippen molar-refractivity contribution in [1.29, 1.82) is 0 Å². The molecule has 0 bridgehead atoms. The second-order valence-electron chi connectivity index (χ2n) is 5.55. The highest BCUT2D eigenvalue weighted by molar-refractivity contribution is 7.92. The summed E-state index contributed by atoms with van der Waals surface area (Å²) in [6.07, 6.45) is 0. The number of aromatic hydroxyl groups is 1. The van der Waals surface area contributed by atoms with Crippen LogP contribution in [0.25, 0.3) is 0 Å². The van der Waals surface area contributed by atoms with Crippen LogP contribution < -0.4 is 9.46 Å². The highest BCUT2D eigenvalue weighted by Crippen LogP contribution is 2.29. The first-order chi connectivity index (χ1) is 12.7. The van der Waals surface area contributed by atoms with Crippen molar-refractivity contribution >= 4 is 25.7 Å². The zero-order valence-corrected chi connectivity index (χ0v) is 16.8. The van der Waals surface area contributed by atoms with Gasteiger partial charge in [-0.1, -0.05) is 13.8 Å². The molecule has 0 aliphatic rings. The molecule has 0 radical (unpaired) electrons. The average molecular weight is 415 g/mol.